The maximum Gasteiger partial charge on any atom is 0.426 e. The van der Waals surface area contributed by atoms with Crippen molar-refractivity contribution in [3.8, 4) is 5.75 Å². The van der Waals surface area contributed by atoms with Crippen molar-refractivity contribution < 1.29 is 45.7 Å². The van der Waals surface area contributed by atoms with Crippen molar-refractivity contribution in [2.24, 2.45) is 16.8 Å². The standard InChI is InChI=1S/C23H24F6N2O4/c1-34-19-10-17-14(9-18(19)31-2-4-35-5-3-31)8-15(20(17)32)6-13-7-16(12-30-11-13)21(33,22(24,25)26)23(27,28)29/h7,9-11,15-16,33H,2-6,8,12H2,1H3. The van der Waals surface area contributed by atoms with Crippen molar-refractivity contribution in [2.75, 3.05) is 44.9 Å². The van der Waals surface area contributed by atoms with E-state index in [1.165, 1.54) is 13.3 Å². The second kappa shape index (κ2) is 9.12. The summed E-state index contributed by atoms with van der Waals surface area (Å²) >= 11 is 0. The average Bonchev–Trinajstić information content (AvgIpc) is 3.11. The zero-order valence-electron chi connectivity index (χ0n) is 18.7. The molecule has 6 nitrogen and oxygen atoms in total. The largest absolute Gasteiger partial charge is 0.495 e. The van der Waals surface area contributed by atoms with Crippen LogP contribution in [0.2, 0.25) is 0 Å². The van der Waals surface area contributed by atoms with Gasteiger partial charge in [-0.15, -0.1) is 0 Å². The highest BCUT2D eigenvalue weighted by molar-refractivity contribution is 6.04. The van der Waals surface area contributed by atoms with Gasteiger partial charge in [0.25, 0.3) is 5.60 Å². The summed E-state index contributed by atoms with van der Waals surface area (Å²) in [4.78, 5) is 18.8. The molecule has 0 aromatic heterocycles. The molecule has 0 spiro atoms. The zero-order valence-corrected chi connectivity index (χ0v) is 18.7. The van der Waals surface area contributed by atoms with E-state index in [1.54, 1.807) is 6.07 Å². The number of carbonyl (C=O) groups excluding carboxylic acids is 1. The topological polar surface area (TPSA) is 71.4 Å². The summed E-state index contributed by atoms with van der Waals surface area (Å²) in [7, 11) is 1.48. The predicted molar refractivity (Wildman–Crippen MR) is 114 cm³/mol. The third-order valence-electron chi connectivity index (χ3n) is 6.72. The van der Waals surface area contributed by atoms with Crippen molar-refractivity contribution in [1.82, 2.24) is 0 Å². The van der Waals surface area contributed by atoms with E-state index in [2.05, 4.69) is 9.89 Å². The van der Waals surface area contributed by atoms with Gasteiger partial charge < -0.3 is 19.5 Å². The summed E-state index contributed by atoms with van der Waals surface area (Å²) in [5, 5.41) is 9.73. The molecule has 1 saturated heterocycles. The molecule has 12 heteroatoms. The van der Waals surface area contributed by atoms with Crippen molar-refractivity contribution in [1.29, 1.82) is 0 Å². The van der Waals surface area contributed by atoms with Crippen LogP contribution in [-0.2, 0) is 11.2 Å². The van der Waals surface area contributed by atoms with E-state index in [0.717, 1.165) is 17.3 Å². The molecule has 1 N–H and O–H groups in total. The quantitative estimate of drug-likeness (QED) is 0.616. The highest BCUT2D eigenvalue weighted by Gasteiger charge is 2.73. The van der Waals surface area contributed by atoms with Gasteiger partial charge in [-0.05, 0) is 36.1 Å². The van der Waals surface area contributed by atoms with Crippen LogP contribution in [0, 0.1) is 11.8 Å². The molecule has 0 saturated carbocycles. The molecular weight excluding hydrogens is 482 g/mol. The Bertz CT molecular complexity index is 1030. The fraction of sp³-hybridized carbons (Fsp3) is 0.565. The van der Waals surface area contributed by atoms with Crippen molar-refractivity contribution in [3.63, 3.8) is 0 Å². The van der Waals surface area contributed by atoms with Crippen LogP contribution in [0.1, 0.15) is 22.3 Å². The number of nitrogens with zero attached hydrogens (tertiary/aromatic N) is 2. The van der Waals surface area contributed by atoms with Crippen molar-refractivity contribution in [2.45, 2.75) is 30.8 Å². The minimum atomic E-state index is -5.95. The first-order chi connectivity index (χ1) is 16.4. The molecule has 35 heavy (non-hydrogen) atoms. The molecule has 2 aliphatic heterocycles. The predicted octanol–water partition coefficient (Wildman–Crippen LogP) is 3.76. The van der Waals surface area contributed by atoms with E-state index in [0.29, 0.717) is 37.6 Å². The number of aliphatic hydroxyl groups is 1. The number of rotatable bonds is 5. The molecule has 2 atom stereocenters. The normalized spacial score (nSPS) is 23.4. The Labute approximate surface area is 197 Å². The Hall–Kier alpha value is -2.60. The summed E-state index contributed by atoms with van der Waals surface area (Å²) in [6.45, 7) is 1.48. The molecule has 0 bridgehead atoms. The molecule has 192 valence electrons. The summed E-state index contributed by atoms with van der Waals surface area (Å²) in [5.74, 6) is -2.81. The van der Waals surface area contributed by atoms with Gasteiger partial charge in [-0.1, -0.05) is 6.08 Å². The first-order valence-electron chi connectivity index (χ1n) is 11.0. The first kappa shape index (κ1) is 25.5. The second-order valence-electron chi connectivity index (χ2n) is 8.85. The van der Waals surface area contributed by atoms with Gasteiger partial charge in [0, 0.05) is 43.2 Å². The number of anilines is 1. The number of ketones is 1. The monoisotopic (exact) mass is 506 g/mol. The van der Waals surface area contributed by atoms with Gasteiger partial charge in [0.15, 0.2) is 5.78 Å². The van der Waals surface area contributed by atoms with Crippen LogP contribution in [0.15, 0.2) is 28.8 Å². The van der Waals surface area contributed by atoms with E-state index in [9.17, 15) is 36.2 Å². The molecule has 1 fully saturated rings. The molecular formula is C23H24F6N2O4. The number of methoxy groups -OCH3 is 1. The number of dihydropyridines is 1. The molecule has 3 aliphatic rings. The van der Waals surface area contributed by atoms with Crippen LogP contribution in [-0.4, -0.2) is 75.0 Å². The number of aliphatic imine (C=N–C) groups is 1. The fourth-order valence-corrected chi connectivity index (χ4v) is 4.84. The van der Waals surface area contributed by atoms with Gasteiger partial charge in [0.05, 0.1) is 26.0 Å². The second-order valence-corrected chi connectivity index (χ2v) is 8.85. The van der Waals surface area contributed by atoms with Crippen LogP contribution in [0.5, 0.6) is 5.75 Å². The van der Waals surface area contributed by atoms with Crippen LogP contribution in [0.4, 0.5) is 32.0 Å². The molecule has 0 radical (unpaired) electrons. The lowest BCUT2D eigenvalue weighted by Gasteiger charge is -2.38. The minimum Gasteiger partial charge on any atom is -0.495 e. The Balaban J connectivity index is 1.57. The summed E-state index contributed by atoms with van der Waals surface area (Å²) in [6, 6.07) is 3.47. The van der Waals surface area contributed by atoms with Crippen molar-refractivity contribution in [3.05, 3.63) is 34.9 Å². The zero-order chi connectivity index (χ0) is 25.6. The highest BCUT2D eigenvalue weighted by Crippen LogP contribution is 2.49. The number of benzene rings is 1. The Morgan fingerprint density at radius 2 is 1.80 bits per heavy atom. The van der Waals surface area contributed by atoms with Gasteiger partial charge in [0.1, 0.15) is 5.75 Å². The van der Waals surface area contributed by atoms with E-state index in [-0.39, 0.29) is 24.2 Å². The molecule has 1 aliphatic carbocycles. The molecule has 4 rings (SSSR count). The van der Waals surface area contributed by atoms with E-state index >= 15 is 0 Å². The SMILES string of the molecule is COc1cc2c(cc1N1CCOCC1)CC(CC1=CC(C(O)(C(F)(F)F)C(F)(F)F)CN=C1)C2=O. The van der Waals surface area contributed by atoms with E-state index < -0.39 is 36.3 Å². The lowest BCUT2D eigenvalue weighted by atomic mass is 9.82. The van der Waals surface area contributed by atoms with Gasteiger partial charge in [-0.25, -0.2) is 0 Å². The number of allylic oxidation sites excluding steroid dienone is 1. The van der Waals surface area contributed by atoms with Crippen LogP contribution in [0.3, 0.4) is 0 Å². The number of Topliss-reactive ketones (excluding diaryl/α,β-unsaturated/α-hetero) is 1. The third kappa shape index (κ3) is 4.53. The Kier molecular flexibility index (Phi) is 6.64. The molecule has 0 amide bonds. The third-order valence-corrected chi connectivity index (χ3v) is 6.72. The highest BCUT2D eigenvalue weighted by atomic mass is 19.4. The molecule has 2 unspecified atom stereocenters. The van der Waals surface area contributed by atoms with Crippen LogP contribution >= 0.6 is 0 Å². The van der Waals surface area contributed by atoms with Crippen LogP contribution in [0.25, 0.3) is 0 Å². The number of carbonyl (C=O) groups is 1. The van der Waals surface area contributed by atoms with Gasteiger partial charge >= 0.3 is 12.4 Å². The lowest BCUT2D eigenvalue weighted by Crippen LogP contribution is -2.62. The number of alkyl halides is 6. The minimum absolute atomic E-state index is 0.0414. The lowest BCUT2D eigenvalue weighted by molar-refractivity contribution is -0.379. The number of hydrogen-bond acceptors (Lipinski definition) is 6. The maximum absolute atomic E-state index is 13.3. The fourth-order valence-electron chi connectivity index (χ4n) is 4.84. The molecule has 1 aromatic carbocycles. The molecule has 1 aromatic rings. The number of fused-ring (bicyclic) bond motifs is 1. The Morgan fingerprint density at radius 3 is 2.40 bits per heavy atom. The smallest absolute Gasteiger partial charge is 0.426 e. The molecule has 2 heterocycles. The summed E-state index contributed by atoms with van der Waals surface area (Å²) in [6.07, 6.45) is -9.82. The number of ether oxygens (including phenoxy) is 2. The Morgan fingerprint density at radius 1 is 1.14 bits per heavy atom. The average molecular weight is 506 g/mol. The van der Waals surface area contributed by atoms with E-state index in [1.807, 2.05) is 6.07 Å². The number of halogens is 6. The number of hydrogen-bond donors (Lipinski definition) is 1. The first-order valence-corrected chi connectivity index (χ1v) is 11.0. The van der Waals surface area contributed by atoms with Gasteiger partial charge in [-0.3, -0.25) is 9.79 Å². The summed E-state index contributed by atoms with van der Waals surface area (Å²) < 4.78 is 90.6. The van der Waals surface area contributed by atoms with Crippen molar-refractivity contribution >= 4 is 17.7 Å². The summed E-state index contributed by atoms with van der Waals surface area (Å²) in [5.41, 5.74) is -2.96. The maximum atomic E-state index is 13.3. The number of morpholine rings is 1. The van der Waals surface area contributed by atoms with E-state index in [4.69, 9.17) is 9.47 Å². The van der Waals surface area contributed by atoms with Gasteiger partial charge in [0.2, 0.25) is 0 Å². The van der Waals surface area contributed by atoms with Crippen LogP contribution < -0.4 is 9.64 Å². The van der Waals surface area contributed by atoms with Gasteiger partial charge in [-0.2, -0.15) is 26.3 Å².